The monoisotopic (exact) mass is 269 g/mol. The third-order valence-corrected chi connectivity index (χ3v) is 3.26. The maximum atomic E-state index is 13.8. The first-order valence-electron chi connectivity index (χ1n) is 6.09. The molecule has 0 unspecified atom stereocenters. The molecule has 1 aliphatic heterocycles. The Morgan fingerprint density at radius 1 is 1.26 bits per heavy atom. The molecule has 1 atom stereocenters. The fourth-order valence-electron chi connectivity index (χ4n) is 2.33. The van der Waals surface area contributed by atoms with Crippen molar-refractivity contribution >= 4 is 0 Å². The number of nitriles is 1. The lowest BCUT2D eigenvalue weighted by Gasteiger charge is -2.34. The summed E-state index contributed by atoms with van der Waals surface area (Å²) in [5.74, 6) is -3.11. The highest BCUT2D eigenvalue weighted by Crippen LogP contribution is 2.28. The molecule has 0 amide bonds. The molecule has 0 radical (unpaired) electrons. The molecule has 0 aliphatic carbocycles. The average Bonchev–Trinajstić information content (AvgIpc) is 2.41. The van der Waals surface area contributed by atoms with Crippen LogP contribution in [-0.4, -0.2) is 31.1 Å². The van der Waals surface area contributed by atoms with Crippen LogP contribution in [0.25, 0.3) is 0 Å². The topological polar surface area (TPSA) is 39.1 Å². The summed E-state index contributed by atoms with van der Waals surface area (Å²) in [7, 11) is 0. The van der Waals surface area contributed by atoms with Crippen LogP contribution in [0.5, 0.6) is 0 Å². The molecule has 1 N–H and O–H groups in total. The molecule has 1 aliphatic rings. The fraction of sp³-hybridized carbons (Fsp3) is 0.462. The minimum absolute atomic E-state index is 0.000185. The summed E-state index contributed by atoms with van der Waals surface area (Å²) in [4.78, 5) is 1.87. The van der Waals surface area contributed by atoms with E-state index in [-0.39, 0.29) is 12.0 Å². The normalized spacial score (nSPS) is 18.0. The van der Waals surface area contributed by atoms with Crippen LogP contribution in [-0.2, 0) is 0 Å². The van der Waals surface area contributed by atoms with Gasteiger partial charge < -0.3 is 5.32 Å². The zero-order valence-corrected chi connectivity index (χ0v) is 10.3. The summed E-state index contributed by atoms with van der Waals surface area (Å²) in [5.41, 5.74) is -0.0825. The number of benzene rings is 1. The Kier molecular flexibility index (Phi) is 4.40. The van der Waals surface area contributed by atoms with E-state index in [1.165, 1.54) is 0 Å². The van der Waals surface area contributed by atoms with Crippen molar-refractivity contribution in [2.75, 3.05) is 26.2 Å². The third kappa shape index (κ3) is 3.06. The van der Waals surface area contributed by atoms with Gasteiger partial charge in [0.25, 0.3) is 0 Å². The fourth-order valence-corrected chi connectivity index (χ4v) is 2.33. The largest absolute Gasteiger partial charge is 0.314 e. The maximum Gasteiger partial charge on any atom is 0.163 e. The van der Waals surface area contributed by atoms with Crippen molar-refractivity contribution in [1.82, 2.24) is 10.2 Å². The van der Waals surface area contributed by atoms with Gasteiger partial charge in [-0.25, -0.2) is 13.2 Å². The zero-order valence-electron chi connectivity index (χ0n) is 10.3. The molecule has 1 aromatic rings. The van der Waals surface area contributed by atoms with Crippen LogP contribution in [0.1, 0.15) is 18.0 Å². The lowest BCUT2D eigenvalue weighted by molar-refractivity contribution is 0.171. The number of nitrogens with one attached hydrogen (secondary N) is 1. The van der Waals surface area contributed by atoms with Gasteiger partial charge in [-0.2, -0.15) is 5.26 Å². The first-order valence-corrected chi connectivity index (χ1v) is 6.09. The van der Waals surface area contributed by atoms with Crippen LogP contribution in [0.3, 0.4) is 0 Å². The Morgan fingerprint density at radius 3 is 2.58 bits per heavy atom. The van der Waals surface area contributed by atoms with Gasteiger partial charge in [-0.15, -0.1) is 0 Å². The lowest BCUT2D eigenvalue weighted by atomic mass is 10.0. The SMILES string of the molecule is N#CC[C@@H](c1cc(F)cc(F)c1F)N1CCNCC1. The summed E-state index contributed by atoms with van der Waals surface area (Å²) >= 11 is 0. The number of hydrogen-bond donors (Lipinski definition) is 1. The van der Waals surface area contributed by atoms with Crippen LogP contribution in [0.4, 0.5) is 13.2 Å². The highest BCUT2D eigenvalue weighted by Gasteiger charge is 2.26. The average molecular weight is 269 g/mol. The summed E-state index contributed by atoms with van der Waals surface area (Å²) in [6.45, 7) is 2.65. The van der Waals surface area contributed by atoms with Crippen LogP contribution in [0.15, 0.2) is 12.1 Å². The molecule has 6 heteroatoms. The molecule has 0 saturated carbocycles. The van der Waals surface area contributed by atoms with Crippen LogP contribution in [0.2, 0.25) is 0 Å². The maximum absolute atomic E-state index is 13.8. The number of rotatable bonds is 3. The van der Waals surface area contributed by atoms with Gasteiger partial charge in [0.05, 0.1) is 18.5 Å². The zero-order chi connectivity index (χ0) is 13.8. The second-order valence-corrected chi connectivity index (χ2v) is 4.45. The van der Waals surface area contributed by atoms with E-state index in [2.05, 4.69) is 5.32 Å². The van der Waals surface area contributed by atoms with E-state index in [9.17, 15) is 13.2 Å². The van der Waals surface area contributed by atoms with Crippen LogP contribution in [0, 0.1) is 28.8 Å². The molecule has 1 fully saturated rings. The highest BCUT2D eigenvalue weighted by atomic mass is 19.2. The van der Waals surface area contributed by atoms with Crippen molar-refractivity contribution < 1.29 is 13.2 Å². The van der Waals surface area contributed by atoms with E-state index in [1.807, 2.05) is 11.0 Å². The Morgan fingerprint density at radius 2 is 1.95 bits per heavy atom. The predicted octanol–water partition coefficient (Wildman–Crippen LogP) is 1.96. The van der Waals surface area contributed by atoms with Crippen molar-refractivity contribution in [3.8, 4) is 6.07 Å². The first-order chi connectivity index (χ1) is 9.13. The van der Waals surface area contributed by atoms with Gasteiger partial charge in [0.1, 0.15) is 5.82 Å². The summed E-state index contributed by atoms with van der Waals surface area (Å²) in [5, 5.41) is 12.0. The summed E-state index contributed by atoms with van der Waals surface area (Å²) in [6.07, 6.45) is -0.000185. The van der Waals surface area contributed by atoms with Gasteiger partial charge in [-0.1, -0.05) is 0 Å². The Labute approximate surface area is 109 Å². The Balaban J connectivity index is 2.35. The van der Waals surface area contributed by atoms with Gasteiger partial charge in [-0.05, 0) is 6.07 Å². The molecule has 1 saturated heterocycles. The molecule has 0 spiro atoms. The Hall–Kier alpha value is -1.58. The summed E-state index contributed by atoms with van der Waals surface area (Å²) in [6, 6.07) is 2.83. The second-order valence-electron chi connectivity index (χ2n) is 4.45. The highest BCUT2D eigenvalue weighted by molar-refractivity contribution is 5.25. The smallest absolute Gasteiger partial charge is 0.163 e. The van der Waals surface area contributed by atoms with E-state index in [0.29, 0.717) is 32.2 Å². The molecule has 3 nitrogen and oxygen atoms in total. The Bertz CT molecular complexity index is 493. The third-order valence-electron chi connectivity index (χ3n) is 3.26. The van der Waals surface area contributed by atoms with E-state index in [1.54, 1.807) is 0 Å². The molecule has 1 aromatic carbocycles. The molecule has 2 rings (SSSR count). The summed E-state index contributed by atoms with van der Waals surface area (Å²) < 4.78 is 40.4. The molecule has 0 aromatic heterocycles. The van der Waals surface area contributed by atoms with Crippen molar-refractivity contribution in [1.29, 1.82) is 5.26 Å². The molecule has 102 valence electrons. The minimum Gasteiger partial charge on any atom is -0.314 e. The van der Waals surface area contributed by atoms with E-state index < -0.39 is 23.5 Å². The van der Waals surface area contributed by atoms with Gasteiger partial charge in [0.2, 0.25) is 0 Å². The van der Waals surface area contributed by atoms with E-state index in [0.717, 1.165) is 6.07 Å². The second kappa shape index (κ2) is 6.04. The molecule has 19 heavy (non-hydrogen) atoms. The van der Waals surface area contributed by atoms with E-state index in [4.69, 9.17) is 5.26 Å². The predicted molar refractivity (Wildman–Crippen MR) is 63.7 cm³/mol. The lowest BCUT2D eigenvalue weighted by Crippen LogP contribution is -2.45. The van der Waals surface area contributed by atoms with E-state index >= 15 is 0 Å². The quantitative estimate of drug-likeness (QED) is 0.853. The molecule has 1 heterocycles. The van der Waals surface area contributed by atoms with Gasteiger partial charge in [0.15, 0.2) is 11.6 Å². The van der Waals surface area contributed by atoms with Crippen LogP contribution < -0.4 is 5.32 Å². The van der Waals surface area contributed by atoms with Gasteiger partial charge in [0, 0.05) is 37.8 Å². The minimum atomic E-state index is -1.21. The van der Waals surface area contributed by atoms with Crippen LogP contribution >= 0.6 is 0 Å². The molecular weight excluding hydrogens is 255 g/mol. The van der Waals surface area contributed by atoms with Crippen molar-refractivity contribution in [3.63, 3.8) is 0 Å². The first kappa shape index (κ1) is 13.8. The standard InChI is InChI=1S/C13H14F3N3/c14-9-7-10(13(16)11(15)8-9)12(1-2-17)19-5-3-18-4-6-19/h7-8,12,18H,1,3-6H2/t12-/m0/s1. The molecule has 0 bridgehead atoms. The van der Waals surface area contributed by atoms with Gasteiger partial charge in [-0.3, -0.25) is 4.90 Å². The molecular formula is C13H14F3N3. The number of nitrogens with zero attached hydrogens (tertiary/aromatic N) is 2. The number of hydrogen-bond acceptors (Lipinski definition) is 3. The number of halogens is 3. The van der Waals surface area contributed by atoms with Crippen molar-refractivity contribution in [2.45, 2.75) is 12.5 Å². The van der Waals surface area contributed by atoms with Gasteiger partial charge >= 0.3 is 0 Å². The van der Waals surface area contributed by atoms with Crippen molar-refractivity contribution in [2.24, 2.45) is 0 Å². The number of piperazine rings is 1. The van der Waals surface area contributed by atoms with Crippen molar-refractivity contribution in [3.05, 3.63) is 35.1 Å².